The van der Waals surface area contributed by atoms with Gasteiger partial charge in [0.15, 0.2) is 0 Å². The van der Waals surface area contributed by atoms with Crippen molar-refractivity contribution in [2.24, 2.45) is 0 Å². The third kappa shape index (κ3) is 5.16. The first-order valence-corrected chi connectivity index (χ1v) is 9.10. The summed E-state index contributed by atoms with van der Waals surface area (Å²) in [5.41, 5.74) is 0.968. The Morgan fingerprint density at radius 1 is 1.28 bits per heavy atom. The van der Waals surface area contributed by atoms with Gasteiger partial charge < -0.3 is 15.1 Å². The maximum absolute atomic E-state index is 12.3. The summed E-state index contributed by atoms with van der Waals surface area (Å²) in [6.07, 6.45) is 2.96. The van der Waals surface area contributed by atoms with Crippen LogP contribution < -0.4 is 10.2 Å². The molecule has 1 aromatic carbocycles. The molecule has 1 fully saturated rings. The fourth-order valence-electron chi connectivity index (χ4n) is 3.18. The number of carbonyl (C=O) groups excluding carboxylic acids is 1. The molecule has 7 heteroatoms. The number of anilines is 1. The van der Waals surface area contributed by atoms with Gasteiger partial charge in [-0.1, -0.05) is 13.8 Å². The summed E-state index contributed by atoms with van der Waals surface area (Å²) in [6, 6.07) is 4.78. The van der Waals surface area contributed by atoms with Crippen molar-refractivity contribution in [2.45, 2.75) is 33.1 Å². The lowest BCUT2D eigenvalue weighted by Crippen LogP contribution is -2.30. The van der Waals surface area contributed by atoms with Crippen molar-refractivity contribution in [2.75, 3.05) is 44.2 Å². The highest BCUT2D eigenvalue weighted by Gasteiger charge is 2.23. The van der Waals surface area contributed by atoms with Gasteiger partial charge in [0.05, 0.1) is 4.92 Å². The Bertz CT molecular complexity index is 596. The topological polar surface area (TPSA) is 78.7 Å². The van der Waals surface area contributed by atoms with Gasteiger partial charge in [0, 0.05) is 31.3 Å². The molecule has 7 nitrogen and oxygen atoms in total. The van der Waals surface area contributed by atoms with Crippen LogP contribution in [0.15, 0.2) is 18.2 Å². The van der Waals surface area contributed by atoms with Crippen molar-refractivity contribution in [3.8, 4) is 0 Å². The third-order valence-corrected chi connectivity index (χ3v) is 4.71. The Hall–Kier alpha value is -2.15. The van der Waals surface area contributed by atoms with Crippen LogP contribution >= 0.6 is 0 Å². The molecule has 1 amide bonds. The van der Waals surface area contributed by atoms with Crippen LogP contribution in [0, 0.1) is 10.1 Å². The molecule has 0 atom stereocenters. The number of nitro groups is 1. The standard InChI is InChI=1S/C18H28N4O3/c1-3-20(4-2)11-7-10-19-18(23)15-8-9-16(17(14-15)22(24)25)21-12-5-6-13-21/h8-9,14H,3-7,10-13H2,1-2H3,(H,19,23). The van der Waals surface area contributed by atoms with Crippen LogP contribution in [0.3, 0.4) is 0 Å². The number of benzene rings is 1. The number of carbonyl (C=O) groups is 1. The van der Waals surface area contributed by atoms with Gasteiger partial charge in [-0.3, -0.25) is 14.9 Å². The first-order chi connectivity index (χ1) is 12.1. The smallest absolute Gasteiger partial charge is 0.293 e. The van der Waals surface area contributed by atoms with E-state index in [9.17, 15) is 14.9 Å². The van der Waals surface area contributed by atoms with Crippen molar-refractivity contribution in [1.82, 2.24) is 10.2 Å². The van der Waals surface area contributed by atoms with E-state index in [0.29, 0.717) is 17.8 Å². The number of nitrogens with zero attached hydrogens (tertiary/aromatic N) is 3. The van der Waals surface area contributed by atoms with E-state index in [-0.39, 0.29) is 11.6 Å². The molecule has 0 aromatic heterocycles. The van der Waals surface area contributed by atoms with Gasteiger partial charge in [-0.2, -0.15) is 0 Å². The molecule has 1 aromatic rings. The summed E-state index contributed by atoms with van der Waals surface area (Å²) in [7, 11) is 0. The predicted octanol–water partition coefficient (Wildman–Crippen LogP) is 2.66. The quantitative estimate of drug-likeness (QED) is 0.422. The van der Waals surface area contributed by atoms with Crippen LogP contribution in [0.25, 0.3) is 0 Å². The summed E-state index contributed by atoms with van der Waals surface area (Å²) < 4.78 is 0. The SMILES string of the molecule is CCN(CC)CCCNC(=O)c1ccc(N2CCCC2)c([N+](=O)[O-])c1. The summed E-state index contributed by atoms with van der Waals surface area (Å²) in [5.74, 6) is -0.254. The maximum Gasteiger partial charge on any atom is 0.293 e. The molecule has 0 bridgehead atoms. The first-order valence-electron chi connectivity index (χ1n) is 9.10. The minimum atomic E-state index is -0.398. The van der Waals surface area contributed by atoms with E-state index in [1.807, 2.05) is 4.90 Å². The number of amides is 1. The lowest BCUT2D eigenvalue weighted by molar-refractivity contribution is -0.384. The molecular formula is C18H28N4O3. The van der Waals surface area contributed by atoms with Crippen LogP contribution in [-0.4, -0.2) is 55.0 Å². The van der Waals surface area contributed by atoms with Crippen LogP contribution in [0.2, 0.25) is 0 Å². The Morgan fingerprint density at radius 3 is 2.56 bits per heavy atom. The Labute approximate surface area is 149 Å². The number of hydrogen-bond donors (Lipinski definition) is 1. The van der Waals surface area contributed by atoms with Gasteiger partial charge in [-0.25, -0.2) is 0 Å². The number of hydrogen-bond acceptors (Lipinski definition) is 5. The van der Waals surface area contributed by atoms with Gasteiger partial charge in [-0.15, -0.1) is 0 Å². The molecule has 1 heterocycles. The lowest BCUT2D eigenvalue weighted by Gasteiger charge is -2.18. The van der Waals surface area contributed by atoms with Gasteiger partial charge in [0.25, 0.3) is 11.6 Å². The largest absolute Gasteiger partial charge is 0.366 e. The van der Waals surface area contributed by atoms with Gasteiger partial charge in [-0.05, 0) is 51.0 Å². The maximum atomic E-state index is 12.3. The highest BCUT2D eigenvalue weighted by molar-refractivity contribution is 5.95. The molecule has 1 aliphatic rings. The molecule has 0 aliphatic carbocycles. The van der Waals surface area contributed by atoms with E-state index < -0.39 is 4.92 Å². The average molecular weight is 348 g/mol. The molecule has 0 radical (unpaired) electrons. The minimum absolute atomic E-state index is 0.0118. The average Bonchev–Trinajstić information content (AvgIpc) is 3.15. The minimum Gasteiger partial charge on any atom is -0.366 e. The Morgan fingerprint density at radius 2 is 1.96 bits per heavy atom. The fourth-order valence-corrected chi connectivity index (χ4v) is 3.18. The highest BCUT2D eigenvalue weighted by atomic mass is 16.6. The molecule has 25 heavy (non-hydrogen) atoms. The molecule has 1 aliphatic heterocycles. The normalized spacial score (nSPS) is 14.1. The van der Waals surface area contributed by atoms with Crippen molar-refractivity contribution in [1.29, 1.82) is 0 Å². The molecule has 1 N–H and O–H groups in total. The van der Waals surface area contributed by atoms with Crippen LogP contribution in [0.5, 0.6) is 0 Å². The summed E-state index contributed by atoms with van der Waals surface area (Å²) in [5, 5.41) is 14.3. The molecular weight excluding hydrogens is 320 g/mol. The first kappa shape index (κ1) is 19.2. The second-order valence-electron chi connectivity index (χ2n) is 6.29. The lowest BCUT2D eigenvalue weighted by atomic mass is 10.1. The van der Waals surface area contributed by atoms with E-state index in [1.165, 1.54) is 6.07 Å². The van der Waals surface area contributed by atoms with E-state index >= 15 is 0 Å². The number of rotatable bonds is 9. The summed E-state index contributed by atoms with van der Waals surface area (Å²) in [4.78, 5) is 27.6. The van der Waals surface area contributed by atoms with Crippen LogP contribution in [0.4, 0.5) is 11.4 Å². The number of nitro benzene ring substituents is 1. The molecule has 2 rings (SSSR count). The van der Waals surface area contributed by atoms with E-state index in [2.05, 4.69) is 24.1 Å². The monoisotopic (exact) mass is 348 g/mol. The molecule has 0 spiro atoms. The summed E-state index contributed by atoms with van der Waals surface area (Å²) >= 11 is 0. The second kappa shape index (κ2) is 9.36. The van der Waals surface area contributed by atoms with E-state index in [1.54, 1.807) is 12.1 Å². The molecule has 0 saturated carbocycles. The number of nitrogens with one attached hydrogen (secondary N) is 1. The summed E-state index contributed by atoms with van der Waals surface area (Å²) in [6.45, 7) is 9.38. The van der Waals surface area contributed by atoms with Crippen molar-refractivity contribution < 1.29 is 9.72 Å². The zero-order chi connectivity index (χ0) is 18.2. The molecule has 0 unspecified atom stereocenters. The third-order valence-electron chi connectivity index (χ3n) is 4.71. The van der Waals surface area contributed by atoms with E-state index in [0.717, 1.165) is 52.0 Å². The second-order valence-corrected chi connectivity index (χ2v) is 6.29. The van der Waals surface area contributed by atoms with Crippen molar-refractivity contribution in [3.05, 3.63) is 33.9 Å². The zero-order valence-electron chi connectivity index (χ0n) is 15.2. The van der Waals surface area contributed by atoms with Gasteiger partial charge in [0.1, 0.15) is 5.69 Å². The van der Waals surface area contributed by atoms with Crippen molar-refractivity contribution >= 4 is 17.3 Å². The van der Waals surface area contributed by atoms with Crippen molar-refractivity contribution in [3.63, 3.8) is 0 Å². The van der Waals surface area contributed by atoms with Gasteiger partial charge in [0.2, 0.25) is 0 Å². The Balaban J connectivity index is 1.97. The van der Waals surface area contributed by atoms with Crippen LogP contribution in [0.1, 0.15) is 43.5 Å². The predicted molar refractivity (Wildman–Crippen MR) is 99.3 cm³/mol. The zero-order valence-corrected chi connectivity index (χ0v) is 15.2. The van der Waals surface area contributed by atoms with Crippen LogP contribution in [-0.2, 0) is 0 Å². The van der Waals surface area contributed by atoms with Gasteiger partial charge >= 0.3 is 0 Å². The highest BCUT2D eigenvalue weighted by Crippen LogP contribution is 2.31. The molecule has 1 saturated heterocycles. The fraction of sp³-hybridized carbons (Fsp3) is 0.611. The molecule has 138 valence electrons. The Kier molecular flexibility index (Phi) is 7.18. The van der Waals surface area contributed by atoms with E-state index in [4.69, 9.17) is 0 Å².